The highest BCUT2D eigenvalue weighted by Gasteiger charge is 2.25. The fraction of sp³-hybridized carbons (Fsp3) is 0.538. The Bertz CT molecular complexity index is 567. The molecular weight excluding hydrogens is 242 g/mol. The summed E-state index contributed by atoms with van der Waals surface area (Å²) in [6, 6.07) is 0. The van der Waals surface area contributed by atoms with Crippen molar-refractivity contribution in [3.8, 4) is 0 Å². The van der Waals surface area contributed by atoms with Gasteiger partial charge in [0, 0.05) is 39.1 Å². The van der Waals surface area contributed by atoms with Crippen molar-refractivity contribution < 1.29 is 5.11 Å². The molecule has 19 heavy (non-hydrogen) atoms. The Kier molecular flexibility index (Phi) is 3.25. The summed E-state index contributed by atoms with van der Waals surface area (Å²) in [5, 5.41) is 12.1. The molecule has 0 saturated carbocycles. The zero-order valence-electron chi connectivity index (χ0n) is 11.1. The number of aromatic nitrogens is 3. The minimum Gasteiger partial charge on any atom is -0.396 e. The van der Waals surface area contributed by atoms with Crippen LogP contribution in [-0.4, -0.2) is 46.2 Å². The molecule has 0 bridgehead atoms. The van der Waals surface area contributed by atoms with Gasteiger partial charge < -0.3 is 19.7 Å². The zero-order chi connectivity index (χ0) is 13.2. The van der Waals surface area contributed by atoms with Crippen molar-refractivity contribution in [3.63, 3.8) is 0 Å². The predicted octanol–water partition coefficient (Wildman–Crippen LogP) is 0.980. The van der Waals surface area contributed by atoms with Gasteiger partial charge in [-0.15, -0.1) is 0 Å². The molecule has 1 fully saturated rings. The van der Waals surface area contributed by atoms with Gasteiger partial charge in [0.05, 0.1) is 6.20 Å². The van der Waals surface area contributed by atoms with E-state index in [2.05, 4.69) is 20.2 Å². The number of aliphatic hydroxyl groups is 1. The van der Waals surface area contributed by atoms with Crippen LogP contribution < -0.4 is 10.2 Å². The van der Waals surface area contributed by atoms with Gasteiger partial charge >= 0.3 is 0 Å². The van der Waals surface area contributed by atoms with E-state index in [0.29, 0.717) is 5.92 Å². The van der Waals surface area contributed by atoms with Gasteiger partial charge in [-0.1, -0.05) is 0 Å². The first-order chi connectivity index (χ1) is 9.31. The minimum absolute atomic E-state index is 0.265. The summed E-state index contributed by atoms with van der Waals surface area (Å²) in [6.07, 6.45) is 7.64. The number of fused-ring (bicyclic) bond motifs is 1. The predicted molar refractivity (Wildman–Crippen MR) is 74.6 cm³/mol. The first kappa shape index (κ1) is 12.2. The fourth-order valence-electron chi connectivity index (χ4n) is 2.69. The molecule has 1 atom stereocenters. The monoisotopic (exact) mass is 261 g/mol. The lowest BCUT2D eigenvalue weighted by atomic mass is 10.1. The van der Waals surface area contributed by atoms with E-state index in [1.807, 2.05) is 23.8 Å². The molecule has 2 N–H and O–H groups in total. The Balaban J connectivity index is 1.93. The number of hydrogen-bond donors (Lipinski definition) is 2. The van der Waals surface area contributed by atoms with Crippen LogP contribution in [0.2, 0.25) is 0 Å². The van der Waals surface area contributed by atoms with E-state index in [-0.39, 0.29) is 6.61 Å². The molecule has 1 saturated heterocycles. The molecule has 0 amide bonds. The fourth-order valence-corrected chi connectivity index (χ4v) is 2.69. The molecule has 0 aliphatic carbocycles. The van der Waals surface area contributed by atoms with E-state index in [1.165, 1.54) is 0 Å². The molecule has 3 heterocycles. The number of imidazole rings is 1. The summed E-state index contributed by atoms with van der Waals surface area (Å²) in [6.45, 7) is 2.19. The number of nitrogens with zero attached hydrogens (tertiary/aromatic N) is 4. The largest absolute Gasteiger partial charge is 0.396 e. The summed E-state index contributed by atoms with van der Waals surface area (Å²) in [7, 11) is 1.87. The van der Waals surface area contributed by atoms with Crippen LogP contribution in [0.5, 0.6) is 0 Å². The molecule has 0 spiro atoms. The van der Waals surface area contributed by atoms with Gasteiger partial charge in [-0.3, -0.25) is 0 Å². The first-order valence-corrected chi connectivity index (χ1v) is 6.69. The normalized spacial score (nSPS) is 19.3. The van der Waals surface area contributed by atoms with E-state index in [9.17, 15) is 0 Å². The van der Waals surface area contributed by atoms with Crippen LogP contribution in [0.4, 0.5) is 11.6 Å². The lowest BCUT2D eigenvalue weighted by Gasteiger charge is -2.19. The maximum atomic E-state index is 9.04. The van der Waals surface area contributed by atoms with Crippen molar-refractivity contribution in [1.29, 1.82) is 0 Å². The number of anilines is 2. The standard InChI is InChI=1S/C13H19N5O/c1-14-11-9-18-6-4-15-12(18)13(16-11)17-5-2-10(8-17)3-7-19/h4,6,9-10,14,19H,2-3,5,7-8H2,1H3. The van der Waals surface area contributed by atoms with Crippen molar-refractivity contribution in [3.05, 3.63) is 18.6 Å². The summed E-state index contributed by atoms with van der Waals surface area (Å²) in [4.78, 5) is 11.3. The van der Waals surface area contributed by atoms with Crippen LogP contribution in [0.15, 0.2) is 18.6 Å². The maximum absolute atomic E-state index is 9.04. The molecule has 0 radical (unpaired) electrons. The Morgan fingerprint density at radius 3 is 3.21 bits per heavy atom. The molecule has 6 heteroatoms. The number of hydrogen-bond acceptors (Lipinski definition) is 5. The molecular formula is C13H19N5O. The van der Waals surface area contributed by atoms with Crippen molar-refractivity contribution in [2.45, 2.75) is 12.8 Å². The molecule has 0 aromatic carbocycles. The summed E-state index contributed by atoms with van der Waals surface area (Å²) in [5.74, 6) is 2.32. The smallest absolute Gasteiger partial charge is 0.180 e. The molecule has 2 aromatic rings. The average Bonchev–Trinajstić information content (AvgIpc) is 3.06. The van der Waals surface area contributed by atoms with E-state index < -0.39 is 0 Å². The highest BCUT2D eigenvalue weighted by Crippen LogP contribution is 2.27. The van der Waals surface area contributed by atoms with E-state index >= 15 is 0 Å². The molecule has 1 aliphatic heterocycles. The topological polar surface area (TPSA) is 65.7 Å². The van der Waals surface area contributed by atoms with Gasteiger partial charge in [0.15, 0.2) is 11.5 Å². The lowest BCUT2D eigenvalue weighted by molar-refractivity contribution is 0.263. The third kappa shape index (κ3) is 2.23. The third-order valence-electron chi connectivity index (χ3n) is 3.74. The van der Waals surface area contributed by atoms with Crippen LogP contribution in [0.1, 0.15) is 12.8 Å². The number of aliphatic hydroxyl groups excluding tert-OH is 1. The van der Waals surface area contributed by atoms with E-state index in [1.54, 1.807) is 6.20 Å². The van der Waals surface area contributed by atoms with Crippen LogP contribution in [0, 0.1) is 5.92 Å². The van der Waals surface area contributed by atoms with Gasteiger partial charge in [-0.2, -0.15) is 0 Å². The first-order valence-electron chi connectivity index (χ1n) is 6.69. The number of nitrogens with one attached hydrogen (secondary N) is 1. The van der Waals surface area contributed by atoms with Crippen LogP contribution in [0.3, 0.4) is 0 Å². The summed E-state index contributed by atoms with van der Waals surface area (Å²) in [5.41, 5.74) is 0.892. The Morgan fingerprint density at radius 1 is 1.53 bits per heavy atom. The SMILES string of the molecule is CNc1cn2ccnc2c(N2CCC(CCO)C2)n1. The van der Waals surface area contributed by atoms with Crippen molar-refractivity contribution in [2.24, 2.45) is 5.92 Å². The maximum Gasteiger partial charge on any atom is 0.180 e. The van der Waals surface area contributed by atoms with Crippen molar-refractivity contribution in [2.75, 3.05) is 37.0 Å². The highest BCUT2D eigenvalue weighted by atomic mass is 16.3. The van der Waals surface area contributed by atoms with Crippen molar-refractivity contribution in [1.82, 2.24) is 14.4 Å². The molecule has 2 aromatic heterocycles. The van der Waals surface area contributed by atoms with Gasteiger partial charge in [0.2, 0.25) is 0 Å². The van der Waals surface area contributed by atoms with E-state index in [0.717, 1.165) is 43.2 Å². The minimum atomic E-state index is 0.265. The quantitative estimate of drug-likeness (QED) is 0.859. The van der Waals surface area contributed by atoms with Gasteiger partial charge in [-0.05, 0) is 18.8 Å². The van der Waals surface area contributed by atoms with E-state index in [4.69, 9.17) is 5.11 Å². The summed E-state index contributed by atoms with van der Waals surface area (Å²) >= 11 is 0. The molecule has 1 aliphatic rings. The van der Waals surface area contributed by atoms with Crippen LogP contribution in [0.25, 0.3) is 5.65 Å². The Labute approximate surface area is 112 Å². The van der Waals surface area contributed by atoms with Gasteiger partial charge in [0.25, 0.3) is 0 Å². The lowest BCUT2D eigenvalue weighted by Crippen LogP contribution is -2.22. The summed E-state index contributed by atoms with van der Waals surface area (Å²) < 4.78 is 1.99. The van der Waals surface area contributed by atoms with Gasteiger partial charge in [-0.25, -0.2) is 9.97 Å². The second kappa shape index (κ2) is 5.05. The van der Waals surface area contributed by atoms with Gasteiger partial charge in [0.1, 0.15) is 5.82 Å². The third-order valence-corrected chi connectivity index (χ3v) is 3.74. The average molecular weight is 261 g/mol. The number of rotatable bonds is 4. The molecule has 3 rings (SSSR count). The highest BCUT2D eigenvalue weighted by molar-refractivity contribution is 5.67. The Hall–Kier alpha value is -1.82. The zero-order valence-corrected chi connectivity index (χ0v) is 11.1. The molecule has 1 unspecified atom stereocenters. The van der Waals surface area contributed by atoms with Crippen LogP contribution >= 0.6 is 0 Å². The second-order valence-electron chi connectivity index (χ2n) is 4.97. The molecule has 6 nitrogen and oxygen atoms in total. The Morgan fingerprint density at radius 2 is 2.42 bits per heavy atom. The second-order valence-corrected chi connectivity index (χ2v) is 4.97. The molecule has 102 valence electrons. The van der Waals surface area contributed by atoms with Crippen molar-refractivity contribution >= 4 is 17.3 Å². The van der Waals surface area contributed by atoms with Crippen LogP contribution in [-0.2, 0) is 0 Å².